The Hall–Kier alpha value is -3.22. The van der Waals surface area contributed by atoms with E-state index in [9.17, 15) is 18.8 Å². The monoisotopic (exact) mass is 372 g/mol. The van der Waals surface area contributed by atoms with Gasteiger partial charge in [-0.05, 0) is 44.2 Å². The lowest BCUT2D eigenvalue weighted by molar-refractivity contribution is -0.152. The number of benzene rings is 2. The number of anilines is 1. The van der Waals surface area contributed by atoms with Crippen LogP contribution in [0.15, 0.2) is 54.6 Å². The van der Waals surface area contributed by atoms with Crippen LogP contribution in [0.4, 0.5) is 10.1 Å². The summed E-state index contributed by atoms with van der Waals surface area (Å²) in [5, 5.41) is 2.34. The molecule has 27 heavy (non-hydrogen) atoms. The molecule has 2 rings (SSSR count). The van der Waals surface area contributed by atoms with Crippen molar-refractivity contribution < 1.29 is 23.5 Å². The highest BCUT2D eigenvalue weighted by Crippen LogP contribution is 2.15. The second kappa shape index (κ2) is 9.47. The van der Waals surface area contributed by atoms with Crippen LogP contribution >= 0.6 is 0 Å². The molecule has 0 radical (unpaired) electrons. The number of halogens is 1. The molecule has 0 fully saturated rings. The molecule has 0 unspecified atom stereocenters. The molecule has 7 heteroatoms. The summed E-state index contributed by atoms with van der Waals surface area (Å²) in [7, 11) is 0. The normalized spacial score (nSPS) is 11.4. The van der Waals surface area contributed by atoms with E-state index < -0.39 is 30.3 Å². The topological polar surface area (TPSA) is 75.7 Å². The number of hydrogen-bond donors (Lipinski definition) is 1. The lowest BCUT2D eigenvalue weighted by Gasteiger charge is -2.24. The number of ether oxygens (including phenoxy) is 1. The molecule has 0 saturated heterocycles. The van der Waals surface area contributed by atoms with Gasteiger partial charge in [0.25, 0.3) is 11.8 Å². The van der Waals surface area contributed by atoms with Crippen LogP contribution < -0.4 is 10.2 Å². The number of rotatable bonds is 7. The number of esters is 1. The predicted octanol–water partition coefficient (Wildman–Crippen LogP) is 2.54. The Balaban J connectivity index is 1.89. The van der Waals surface area contributed by atoms with Crippen molar-refractivity contribution in [2.24, 2.45) is 0 Å². The summed E-state index contributed by atoms with van der Waals surface area (Å²) in [6.45, 7) is 3.28. The molecule has 0 aliphatic rings. The van der Waals surface area contributed by atoms with Crippen LogP contribution in [-0.2, 0) is 14.3 Å². The smallest absolute Gasteiger partial charge is 0.326 e. The zero-order valence-corrected chi connectivity index (χ0v) is 15.1. The van der Waals surface area contributed by atoms with E-state index in [1.54, 1.807) is 12.1 Å². The predicted molar refractivity (Wildman–Crippen MR) is 98.8 cm³/mol. The fraction of sp³-hybridized carbons (Fsp3) is 0.250. The fourth-order valence-electron chi connectivity index (χ4n) is 2.47. The summed E-state index contributed by atoms with van der Waals surface area (Å²) in [4.78, 5) is 37.9. The lowest BCUT2D eigenvalue weighted by atomic mass is 10.2. The summed E-state index contributed by atoms with van der Waals surface area (Å²) in [6.07, 6.45) is -1.01. The summed E-state index contributed by atoms with van der Waals surface area (Å²) < 4.78 is 18.2. The maximum absolute atomic E-state index is 13.1. The number of carbonyl (C=O) groups is 3. The van der Waals surface area contributed by atoms with Gasteiger partial charge < -0.3 is 15.0 Å². The van der Waals surface area contributed by atoms with E-state index in [1.807, 2.05) is 25.1 Å². The molecule has 0 heterocycles. The molecule has 2 amide bonds. The minimum atomic E-state index is -1.01. The maximum atomic E-state index is 13.1. The molecule has 0 bridgehead atoms. The molecular formula is C20H21FN2O4. The van der Waals surface area contributed by atoms with Gasteiger partial charge >= 0.3 is 5.97 Å². The minimum Gasteiger partial charge on any atom is -0.451 e. The highest BCUT2D eigenvalue weighted by molar-refractivity contribution is 5.98. The maximum Gasteiger partial charge on any atom is 0.326 e. The van der Waals surface area contributed by atoms with E-state index in [1.165, 1.54) is 30.0 Å². The van der Waals surface area contributed by atoms with Crippen LogP contribution in [-0.4, -0.2) is 37.0 Å². The first kappa shape index (κ1) is 20.1. The van der Waals surface area contributed by atoms with Crippen molar-refractivity contribution in [3.05, 3.63) is 66.0 Å². The second-order valence-electron chi connectivity index (χ2n) is 5.74. The molecule has 0 aliphatic heterocycles. The van der Waals surface area contributed by atoms with Gasteiger partial charge in [-0.25, -0.2) is 4.39 Å². The van der Waals surface area contributed by atoms with Crippen LogP contribution in [0.25, 0.3) is 0 Å². The first-order chi connectivity index (χ1) is 12.9. The molecule has 0 aromatic heterocycles. The van der Waals surface area contributed by atoms with E-state index in [4.69, 9.17) is 4.74 Å². The Morgan fingerprint density at radius 3 is 2.44 bits per heavy atom. The number of para-hydroxylation sites is 1. The van der Waals surface area contributed by atoms with Gasteiger partial charge in [-0.2, -0.15) is 0 Å². The molecule has 142 valence electrons. The van der Waals surface area contributed by atoms with Gasteiger partial charge in [-0.3, -0.25) is 14.4 Å². The summed E-state index contributed by atoms with van der Waals surface area (Å²) in [5.74, 6) is -2.28. The van der Waals surface area contributed by atoms with Crippen molar-refractivity contribution in [2.75, 3.05) is 18.0 Å². The molecule has 0 aliphatic carbocycles. The third-order valence-electron chi connectivity index (χ3n) is 3.79. The van der Waals surface area contributed by atoms with Crippen molar-refractivity contribution >= 4 is 23.5 Å². The summed E-state index contributed by atoms with van der Waals surface area (Å²) >= 11 is 0. The molecule has 1 atom stereocenters. The van der Waals surface area contributed by atoms with Gasteiger partial charge in [0.1, 0.15) is 12.4 Å². The Bertz CT molecular complexity index is 811. The molecule has 1 N–H and O–H groups in total. The van der Waals surface area contributed by atoms with Crippen LogP contribution in [0.5, 0.6) is 0 Å². The fourth-order valence-corrected chi connectivity index (χ4v) is 2.47. The average Bonchev–Trinajstić information content (AvgIpc) is 2.67. The zero-order chi connectivity index (χ0) is 19.8. The van der Waals surface area contributed by atoms with Crippen LogP contribution in [0.2, 0.25) is 0 Å². The Kier molecular flexibility index (Phi) is 7.05. The SMILES string of the molecule is CCN(C(=O)[C@@H](C)OC(=O)CNC(=O)c1cccc(F)c1)c1ccccc1. The molecule has 0 spiro atoms. The number of carbonyl (C=O) groups excluding carboxylic acids is 3. The van der Waals surface area contributed by atoms with E-state index in [0.717, 1.165) is 6.07 Å². The number of likely N-dealkylation sites (N-methyl/N-ethyl adjacent to an activating group) is 1. The summed E-state index contributed by atoms with van der Waals surface area (Å²) in [5.41, 5.74) is 0.792. The highest BCUT2D eigenvalue weighted by Gasteiger charge is 2.24. The number of hydrogen-bond acceptors (Lipinski definition) is 4. The molecule has 2 aromatic carbocycles. The zero-order valence-electron chi connectivity index (χ0n) is 15.1. The summed E-state index contributed by atoms with van der Waals surface area (Å²) in [6, 6.07) is 14.1. The van der Waals surface area contributed by atoms with E-state index >= 15 is 0 Å². The van der Waals surface area contributed by atoms with E-state index in [2.05, 4.69) is 5.32 Å². The highest BCUT2D eigenvalue weighted by atomic mass is 19.1. The molecule has 6 nitrogen and oxygen atoms in total. The molecule has 0 saturated carbocycles. The Morgan fingerprint density at radius 1 is 1.11 bits per heavy atom. The first-order valence-corrected chi connectivity index (χ1v) is 8.52. The van der Waals surface area contributed by atoms with Gasteiger partial charge in [-0.1, -0.05) is 24.3 Å². The van der Waals surface area contributed by atoms with Crippen molar-refractivity contribution in [2.45, 2.75) is 20.0 Å². The van der Waals surface area contributed by atoms with Gasteiger partial charge in [0.05, 0.1) is 0 Å². The van der Waals surface area contributed by atoms with Crippen molar-refractivity contribution in [3.8, 4) is 0 Å². The van der Waals surface area contributed by atoms with Crippen LogP contribution in [0.1, 0.15) is 24.2 Å². The van der Waals surface area contributed by atoms with Crippen LogP contribution in [0.3, 0.4) is 0 Å². The first-order valence-electron chi connectivity index (χ1n) is 8.52. The average molecular weight is 372 g/mol. The third-order valence-corrected chi connectivity index (χ3v) is 3.79. The number of nitrogens with zero attached hydrogens (tertiary/aromatic N) is 1. The lowest BCUT2D eigenvalue weighted by Crippen LogP contribution is -2.41. The number of amides is 2. The molecular weight excluding hydrogens is 351 g/mol. The Morgan fingerprint density at radius 2 is 1.81 bits per heavy atom. The van der Waals surface area contributed by atoms with Crippen molar-refractivity contribution in [1.29, 1.82) is 0 Å². The number of nitrogens with one attached hydrogen (secondary N) is 1. The van der Waals surface area contributed by atoms with Gasteiger partial charge in [-0.15, -0.1) is 0 Å². The Labute approximate surface area is 156 Å². The van der Waals surface area contributed by atoms with Gasteiger partial charge in [0, 0.05) is 17.8 Å². The second-order valence-corrected chi connectivity index (χ2v) is 5.74. The van der Waals surface area contributed by atoms with Crippen LogP contribution in [0, 0.1) is 5.82 Å². The van der Waals surface area contributed by atoms with Crippen molar-refractivity contribution in [1.82, 2.24) is 5.32 Å². The van der Waals surface area contributed by atoms with E-state index in [0.29, 0.717) is 12.2 Å². The van der Waals surface area contributed by atoms with Gasteiger partial charge in [0.2, 0.25) is 0 Å². The largest absolute Gasteiger partial charge is 0.451 e. The van der Waals surface area contributed by atoms with Gasteiger partial charge in [0.15, 0.2) is 6.10 Å². The van der Waals surface area contributed by atoms with Crippen molar-refractivity contribution in [3.63, 3.8) is 0 Å². The standard InChI is InChI=1S/C20H21FN2O4/c1-3-23(17-10-5-4-6-11-17)20(26)14(2)27-18(24)13-22-19(25)15-8-7-9-16(21)12-15/h4-12,14H,3,13H2,1-2H3,(H,22,25)/t14-/m1/s1. The quantitative estimate of drug-likeness (QED) is 0.758. The van der Waals surface area contributed by atoms with E-state index in [-0.39, 0.29) is 11.5 Å². The molecule has 2 aromatic rings. The minimum absolute atomic E-state index is 0.0909. The third kappa shape index (κ3) is 5.64.